The molecule has 0 saturated heterocycles. The lowest BCUT2D eigenvalue weighted by Gasteiger charge is -2.09. The monoisotopic (exact) mass is 437 g/mol. The predicted molar refractivity (Wildman–Crippen MR) is 112 cm³/mol. The van der Waals surface area contributed by atoms with Gasteiger partial charge < -0.3 is 5.32 Å². The van der Waals surface area contributed by atoms with Crippen molar-refractivity contribution in [3.8, 4) is 0 Å². The molecule has 0 saturated carbocycles. The van der Waals surface area contributed by atoms with Crippen LogP contribution in [0.2, 0.25) is 5.02 Å². The van der Waals surface area contributed by atoms with E-state index in [1.165, 1.54) is 30.3 Å². The molecule has 0 radical (unpaired) electrons. The van der Waals surface area contributed by atoms with E-state index >= 15 is 0 Å². The third-order valence-electron chi connectivity index (χ3n) is 3.26. The largest absolute Gasteiger partial charge is 0.332 e. The Bertz CT molecular complexity index is 1040. The second-order valence-corrected chi connectivity index (χ2v) is 7.98. The fraction of sp³-hybridized carbons (Fsp3) is 0.0556. The molecule has 0 aliphatic carbocycles. The Morgan fingerprint density at radius 3 is 2.32 bits per heavy atom. The van der Waals surface area contributed by atoms with Gasteiger partial charge in [-0.1, -0.05) is 29.8 Å². The lowest BCUT2D eigenvalue weighted by molar-refractivity contribution is -0.117. The van der Waals surface area contributed by atoms with Crippen LogP contribution in [0.4, 0.5) is 5.69 Å². The molecule has 28 heavy (non-hydrogen) atoms. The Morgan fingerprint density at radius 2 is 1.71 bits per heavy atom. The van der Waals surface area contributed by atoms with Crippen LogP contribution in [0.25, 0.3) is 6.08 Å². The molecule has 0 heterocycles. The van der Waals surface area contributed by atoms with Crippen LogP contribution in [0.15, 0.2) is 59.5 Å². The highest BCUT2D eigenvalue weighted by molar-refractivity contribution is 7.90. The number of halogens is 1. The smallest absolute Gasteiger partial charge is 0.264 e. The summed E-state index contributed by atoms with van der Waals surface area (Å²) in [6.07, 6.45) is 2.85. The number of benzene rings is 2. The summed E-state index contributed by atoms with van der Waals surface area (Å²) in [5.41, 5.74) is 1.15. The number of anilines is 1. The zero-order valence-electron chi connectivity index (χ0n) is 14.6. The molecule has 0 bridgehead atoms. The predicted octanol–water partition coefficient (Wildman–Crippen LogP) is 2.69. The van der Waals surface area contributed by atoms with Crippen molar-refractivity contribution in [2.24, 2.45) is 0 Å². The summed E-state index contributed by atoms with van der Waals surface area (Å²) in [7, 11) is -3.91. The van der Waals surface area contributed by atoms with E-state index in [2.05, 4.69) is 10.6 Å². The van der Waals surface area contributed by atoms with E-state index in [9.17, 15) is 18.0 Å². The number of carbonyl (C=O) groups is 2. The van der Waals surface area contributed by atoms with Crippen LogP contribution >= 0.6 is 23.8 Å². The molecule has 2 amide bonds. The number of amides is 2. The standard InChI is InChI=1S/C18H16ClN3O4S2/c1-12(23)22-28(25,26)15-9-7-14(8-10-15)20-18(27)21-17(24)11-6-13-4-2-3-5-16(13)19/h2-11H,1H3,(H,22,23)(H2,20,21,24,27)/b11-6+. The van der Waals surface area contributed by atoms with E-state index in [4.69, 9.17) is 23.8 Å². The van der Waals surface area contributed by atoms with Crippen LogP contribution in [0, 0.1) is 0 Å². The van der Waals surface area contributed by atoms with Crippen LogP contribution in [0.1, 0.15) is 12.5 Å². The number of hydrogen-bond acceptors (Lipinski definition) is 5. The van der Waals surface area contributed by atoms with Crippen molar-refractivity contribution in [1.82, 2.24) is 10.0 Å². The molecule has 0 aliphatic heterocycles. The normalized spacial score (nSPS) is 11.1. The maximum atomic E-state index is 11.9. The Kier molecular flexibility index (Phi) is 7.27. The lowest BCUT2D eigenvalue weighted by Crippen LogP contribution is -2.32. The fourth-order valence-electron chi connectivity index (χ4n) is 2.06. The van der Waals surface area contributed by atoms with E-state index in [-0.39, 0.29) is 10.0 Å². The minimum absolute atomic E-state index is 0.0336. The van der Waals surface area contributed by atoms with Gasteiger partial charge >= 0.3 is 0 Å². The molecule has 2 aromatic rings. The van der Waals surface area contributed by atoms with Crippen molar-refractivity contribution in [1.29, 1.82) is 0 Å². The van der Waals surface area contributed by atoms with Gasteiger partial charge in [0.1, 0.15) is 0 Å². The maximum absolute atomic E-state index is 11.9. The highest BCUT2D eigenvalue weighted by Crippen LogP contribution is 2.16. The highest BCUT2D eigenvalue weighted by Gasteiger charge is 2.15. The van der Waals surface area contributed by atoms with E-state index in [1.54, 1.807) is 30.3 Å². The second-order valence-electron chi connectivity index (χ2n) is 5.48. The highest BCUT2D eigenvalue weighted by atomic mass is 35.5. The Balaban J connectivity index is 1.95. The summed E-state index contributed by atoms with van der Waals surface area (Å²) in [6, 6.07) is 12.6. The number of sulfonamides is 1. The number of hydrogen-bond donors (Lipinski definition) is 3. The Hall–Kier alpha value is -2.75. The third kappa shape index (κ3) is 6.45. The summed E-state index contributed by atoms with van der Waals surface area (Å²) in [5.74, 6) is -1.14. The minimum Gasteiger partial charge on any atom is -0.332 e. The molecule has 10 heteroatoms. The van der Waals surface area contributed by atoms with Gasteiger partial charge in [0, 0.05) is 23.7 Å². The maximum Gasteiger partial charge on any atom is 0.264 e. The molecule has 0 unspecified atom stereocenters. The van der Waals surface area contributed by atoms with Crippen molar-refractivity contribution in [2.45, 2.75) is 11.8 Å². The van der Waals surface area contributed by atoms with E-state index in [0.29, 0.717) is 16.3 Å². The van der Waals surface area contributed by atoms with E-state index in [0.717, 1.165) is 6.92 Å². The van der Waals surface area contributed by atoms with Gasteiger partial charge in [0.25, 0.3) is 10.0 Å². The topological polar surface area (TPSA) is 104 Å². The molecule has 0 aliphatic rings. The number of carbonyl (C=O) groups excluding carboxylic acids is 2. The van der Waals surface area contributed by atoms with Gasteiger partial charge in [-0.25, -0.2) is 13.1 Å². The van der Waals surface area contributed by atoms with Crippen LogP contribution in [0.3, 0.4) is 0 Å². The second kappa shape index (κ2) is 9.45. The molecule has 0 fully saturated rings. The van der Waals surface area contributed by atoms with Gasteiger partial charge in [-0.2, -0.15) is 0 Å². The average Bonchev–Trinajstić information content (AvgIpc) is 2.60. The van der Waals surface area contributed by atoms with Gasteiger partial charge in [0.15, 0.2) is 5.11 Å². The fourth-order valence-corrected chi connectivity index (χ4v) is 3.47. The summed E-state index contributed by atoms with van der Waals surface area (Å²) >= 11 is 11.1. The SMILES string of the molecule is CC(=O)NS(=O)(=O)c1ccc(NC(=S)NC(=O)/C=C/c2ccccc2Cl)cc1. The van der Waals surface area contributed by atoms with Crippen molar-refractivity contribution in [2.75, 3.05) is 5.32 Å². The molecule has 0 atom stereocenters. The van der Waals surface area contributed by atoms with Crippen LogP contribution in [0.5, 0.6) is 0 Å². The molecule has 146 valence electrons. The van der Waals surface area contributed by atoms with Crippen molar-refractivity contribution in [3.63, 3.8) is 0 Å². The van der Waals surface area contributed by atoms with E-state index < -0.39 is 21.8 Å². The Morgan fingerprint density at radius 1 is 1.07 bits per heavy atom. The van der Waals surface area contributed by atoms with Gasteiger partial charge in [-0.05, 0) is 54.2 Å². The minimum atomic E-state index is -3.91. The molecular weight excluding hydrogens is 422 g/mol. The van der Waals surface area contributed by atoms with Crippen LogP contribution in [-0.4, -0.2) is 25.3 Å². The first-order valence-corrected chi connectivity index (χ1v) is 10.1. The van der Waals surface area contributed by atoms with Crippen LogP contribution in [-0.2, 0) is 19.6 Å². The van der Waals surface area contributed by atoms with Gasteiger partial charge in [0.05, 0.1) is 4.90 Å². The first-order chi connectivity index (χ1) is 13.2. The van der Waals surface area contributed by atoms with Gasteiger partial charge in [0.2, 0.25) is 11.8 Å². The molecule has 2 aromatic carbocycles. The zero-order valence-corrected chi connectivity index (χ0v) is 17.0. The Labute approximate surface area is 172 Å². The van der Waals surface area contributed by atoms with Gasteiger partial charge in [-0.3, -0.25) is 14.9 Å². The molecule has 0 spiro atoms. The summed E-state index contributed by atoms with van der Waals surface area (Å²) < 4.78 is 25.6. The summed E-state index contributed by atoms with van der Waals surface area (Å²) in [6.45, 7) is 1.11. The number of nitrogens with one attached hydrogen (secondary N) is 3. The third-order valence-corrected chi connectivity index (χ3v) is 5.25. The van der Waals surface area contributed by atoms with E-state index in [1.807, 2.05) is 4.72 Å². The lowest BCUT2D eigenvalue weighted by atomic mass is 10.2. The summed E-state index contributed by atoms with van der Waals surface area (Å²) in [5, 5.41) is 5.77. The van der Waals surface area contributed by atoms with Crippen LogP contribution < -0.4 is 15.4 Å². The summed E-state index contributed by atoms with van der Waals surface area (Å²) in [4.78, 5) is 22.8. The van der Waals surface area contributed by atoms with Gasteiger partial charge in [-0.15, -0.1) is 0 Å². The number of thiocarbonyl (C=S) groups is 1. The molecule has 3 N–H and O–H groups in total. The average molecular weight is 438 g/mol. The number of rotatable bonds is 5. The quantitative estimate of drug-likeness (QED) is 0.490. The van der Waals surface area contributed by atoms with Crippen molar-refractivity contribution < 1.29 is 18.0 Å². The first kappa shape index (κ1) is 21.5. The van der Waals surface area contributed by atoms with Crippen molar-refractivity contribution in [3.05, 3.63) is 65.2 Å². The molecule has 0 aromatic heterocycles. The van der Waals surface area contributed by atoms with Crippen molar-refractivity contribution >= 4 is 62.5 Å². The zero-order chi connectivity index (χ0) is 20.7. The first-order valence-electron chi connectivity index (χ1n) is 7.85. The molecule has 7 nitrogen and oxygen atoms in total. The molecular formula is C18H16ClN3O4S2. The molecule has 2 rings (SSSR count).